The van der Waals surface area contributed by atoms with E-state index in [1.54, 1.807) is 11.3 Å². The van der Waals surface area contributed by atoms with E-state index in [0.717, 1.165) is 11.6 Å². The SMILES string of the molecule is CCN(c1cccc(C)c1)C(CN)c1cc(Cl)cs1. The maximum atomic E-state index is 6.03. The molecule has 1 aromatic carbocycles. The molecule has 2 rings (SSSR count). The van der Waals surface area contributed by atoms with Crippen molar-refractivity contribution in [2.45, 2.75) is 19.9 Å². The summed E-state index contributed by atoms with van der Waals surface area (Å²) in [5.41, 5.74) is 8.46. The predicted molar refractivity (Wildman–Crippen MR) is 85.3 cm³/mol. The predicted octanol–water partition coefficient (Wildman–Crippen LogP) is 4.24. The highest BCUT2D eigenvalue weighted by atomic mass is 35.5. The minimum atomic E-state index is 0.185. The van der Waals surface area contributed by atoms with Gasteiger partial charge in [-0.3, -0.25) is 0 Å². The molecule has 1 unspecified atom stereocenters. The Morgan fingerprint density at radius 1 is 1.37 bits per heavy atom. The number of rotatable bonds is 5. The number of nitrogens with two attached hydrogens (primary N) is 1. The summed E-state index contributed by atoms with van der Waals surface area (Å²) >= 11 is 7.70. The quantitative estimate of drug-likeness (QED) is 0.894. The Hall–Kier alpha value is -1.03. The van der Waals surface area contributed by atoms with Gasteiger partial charge < -0.3 is 10.6 Å². The zero-order valence-corrected chi connectivity index (χ0v) is 12.8. The number of aryl methyl sites for hydroxylation is 1. The van der Waals surface area contributed by atoms with Crippen molar-refractivity contribution >= 4 is 28.6 Å². The number of nitrogens with zero attached hydrogens (tertiary/aromatic N) is 1. The summed E-state index contributed by atoms with van der Waals surface area (Å²) in [7, 11) is 0. The zero-order valence-electron chi connectivity index (χ0n) is 11.3. The second kappa shape index (κ2) is 6.42. The molecule has 0 aliphatic heterocycles. The Bertz CT molecular complexity index is 538. The van der Waals surface area contributed by atoms with Crippen LogP contribution in [0.15, 0.2) is 35.7 Å². The first-order valence-electron chi connectivity index (χ1n) is 6.43. The molecule has 2 aromatic rings. The average Bonchev–Trinajstić information content (AvgIpc) is 2.82. The van der Waals surface area contributed by atoms with E-state index in [0.29, 0.717) is 6.54 Å². The maximum Gasteiger partial charge on any atom is 0.0757 e. The molecule has 102 valence electrons. The van der Waals surface area contributed by atoms with Crippen molar-refractivity contribution in [3.8, 4) is 0 Å². The number of thiophene rings is 1. The molecular formula is C15H19ClN2S. The fraction of sp³-hybridized carbons (Fsp3) is 0.333. The fourth-order valence-electron chi connectivity index (χ4n) is 2.29. The maximum absolute atomic E-state index is 6.03. The average molecular weight is 295 g/mol. The highest BCUT2D eigenvalue weighted by Crippen LogP contribution is 2.32. The number of anilines is 1. The highest BCUT2D eigenvalue weighted by molar-refractivity contribution is 7.10. The Morgan fingerprint density at radius 3 is 2.68 bits per heavy atom. The van der Waals surface area contributed by atoms with Crippen LogP contribution in [0.25, 0.3) is 0 Å². The van der Waals surface area contributed by atoms with E-state index in [1.165, 1.54) is 16.1 Å². The van der Waals surface area contributed by atoms with Crippen LogP contribution in [0.3, 0.4) is 0 Å². The molecule has 0 aliphatic carbocycles. The minimum absolute atomic E-state index is 0.185. The van der Waals surface area contributed by atoms with Crippen LogP contribution < -0.4 is 10.6 Å². The van der Waals surface area contributed by atoms with E-state index in [-0.39, 0.29) is 6.04 Å². The van der Waals surface area contributed by atoms with Crippen molar-refractivity contribution in [2.24, 2.45) is 5.73 Å². The van der Waals surface area contributed by atoms with Crippen LogP contribution in [0.4, 0.5) is 5.69 Å². The number of benzene rings is 1. The van der Waals surface area contributed by atoms with Crippen molar-refractivity contribution < 1.29 is 0 Å². The van der Waals surface area contributed by atoms with Crippen molar-refractivity contribution in [1.82, 2.24) is 0 Å². The smallest absolute Gasteiger partial charge is 0.0757 e. The standard InChI is InChI=1S/C15H19ClN2S/c1-3-18(13-6-4-5-11(2)7-13)14(9-17)15-8-12(16)10-19-15/h4-8,10,14H,3,9,17H2,1-2H3. The summed E-state index contributed by atoms with van der Waals surface area (Å²) in [4.78, 5) is 3.55. The largest absolute Gasteiger partial charge is 0.363 e. The normalized spacial score (nSPS) is 12.4. The van der Waals surface area contributed by atoms with Gasteiger partial charge in [-0.1, -0.05) is 23.7 Å². The van der Waals surface area contributed by atoms with Crippen LogP contribution in [0.2, 0.25) is 5.02 Å². The lowest BCUT2D eigenvalue weighted by molar-refractivity contribution is 0.653. The van der Waals surface area contributed by atoms with Crippen LogP contribution in [-0.4, -0.2) is 13.1 Å². The second-order valence-corrected chi connectivity index (χ2v) is 5.92. The van der Waals surface area contributed by atoms with Crippen LogP contribution >= 0.6 is 22.9 Å². The van der Waals surface area contributed by atoms with E-state index in [2.05, 4.69) is 43.0 Å². The molecule has 1 heterocycles. The molecule has 4 heteroatoms. The monoisotopic (exact) mass is 294 g/mol. The number of hydrogen-bond acceptors (Lipinski definition) is 3. The third-order valence-electron chi connectivity index (χ3n) is 3.19. The molecular weight excluding hydrogens is 276 g/mol. The molecule has 1 atom stereocenters. The number of hydrogen-bond donors (Lipinski definition) is 1. The van der Waals surface area contributed by atoms with Gasteiger partial charge in [-0.05, 0) is 37.6 Å². The molecule has 0 amide bonds. The molecule has 2 nitrogen and oxygen atoms in total. The molecule has 1 aromatic heterocycles. The number of likely N-dealkylation sites (N-methyl/N-ethyl adjacent to an activating group) is 1. The Morgan fingerprint density at radius 2 is 2.16 bits per heavy atom. The van der Waals surface area contributed by atoms with E-state index < -0.39 is 0 Å². The van der Waals surface area contributed by atoms with Gasteiger partial charge in [0.05, 0.1) is 11.1 Å². The van der Waals surface area contributed by atoms with Gasteiger partial charge in [0.2, 0.25) is 0 Å². The van der Waals surface area contributed by atoms with E-state index >= 15 is 0 Å². The Kier molecular flexibility index (Phi) is 4.86. The molecule has 0 aliphatic rings. The first kappa shape index (κ1) is 14.4. The van der Waals surface area contributed by atoms with Crippen molar-refractivity contribution in [1.29, 1.82) is 0 Å². The van der Waals surface area contributed by atoms with Crippen LogP contribution in [0.5, 0.6) is 0 Å². The van der Waals surface area contributed by atoms with Gasteiger partial charge in [-0.2, -0.15) is 0 Å². The first-order valence-corrected chi connectivity index (χ1v) is 7.68. The number of halogens is 1. The Labute approximate surface area is 123 Å². The lowest BCUT2D eigenvalue weighted by atomic mass is 10.1. The van der Waals surface area contributed by atoms with E-state index in [4.69, 9.17) is 17.3 Å². The molecule has 0 spiro atoms. The molecule has 0 bridgehead atoms. The van der Waals surface area contributed by atoms with Gasteiger partial charge >= 0.3 is 0 Å². The first-order chi connectivity index (χ1) is 9.15. The lowest BCUT2D eigenvalue weighted by Gasteiger charge is -2.31. The van der Waals surface area contributed by atoms with Gasteiger partial charge in [0.15, 0.2) is 0 Å². The fourth-order valence-corrected chi connectivity index (χ4v) is 3.50. The van der Waals surface area contributed by atoms with Crippen molar-refractivity contribution in [2.75, 3.05) is 18.0 Å². The topological polar surface area (TPSA) is 29.3 Å². The summed E-state index contributed by atoms with van der Waals surface area (Å²) in [5.74, 6) is 0. The van der Waals surface area contributed by atoms with Crippen molar-refractivity contribution in [3.63, 3.8) is 0 Å². The molecule has 19 heavy (non-hydrogen) atoms. The van der Waals surface area contributed by atoms with Gasteiger partial charge in [-0.25, -0.2) is 0 Å². The highest BCUT2D eigenvalue weighted by Gasteiger charge is 2.19. The van der Waals surface area contributed by atoms with Gasteiger partial charge in [0, 0.05) is 29.0 Å². The second-order valence-electron chi connectivity index (χ2n) is 4.54. The van der Waals surface area contributed by atoms with Gasteiger partial charge in [-0.15, -0.1) is 11.3 Å². The summed E-state index contributed by atoms with van der Waals surface area (Å²) in [6.45, 7) is 5.76. The summed E-state index contributed by atoms with van der Waals surface area (Å²) < 4.78 is 0. The molecule has 0 saturated heterocycles. The molecule has 0 radical (unpaired) electrons. The van der Waals surface area contributed by atoms with Crippen LogP contribution in [0.1, 0.15) is 23.4 Å². The van der Waals surface area contributed by atoms with Gasteiger partial charge in [0.25, 0.3) is 0 Å². The third kappa shape index (κ3) is 3.30. The van der Waals surface area contributed by atoms with Crippen molar-refractivity contribution in [3.05, 3.63) is 51.2 Å². The minimum Gasteiger partial charge on any atom is -0.363 e. The van der Waals surface area contributed by atoms with Crippen LogP contribution in [-0.2, 0) is 0 Å². The van der Waals surface area contributed by atoms with E-state index in [9.17, 15) is 0 Å². The van der Waals surface area contributed by atoms with Gasteiger partial charge in [0.1, 0.15) is 0 Å². The van der Waals surface area contributed by atoms with Crippen LogP contribution in [0, 0.1) is 6.92 Å². The molecule has 0 fully saturated rings. The zero-order chi connectivity index (χ0) is 13.8. The molecule has 0 saturated carbocycles. The summed E-state index contributed by atoms with van der Waals surface area (Å²) in [6, 6.07) is 10.7. The lowest BCUT2D eigenvalue weighted by Crippen LogP contribution is -2.33. The summed E-state index contributed by atoms with van der Waals surface area (Å²) in [5, 5.41) is 2.75. The summed E-state index contributed by atoms with van der Waals surface area (Å²) in [6.07, 6.45) is 0. The molecule has 2 N–H and O–H groups in total. The third-order valence-corrected chi connectivity index (χ3v) is 4.57. The Balaban J connectivity index is 2.33. The van der Waals surface area contributed by atoms with E-state index in [1.807, 2.05) is 11.4 Å².